The zero-order valence-corrected chi connectivity index (χ0v) is 10.7. The van der Waals surface area contributed by atoms with Crippen LogP contribution >= 0.6 is 0 Å². The van der Waals surface area contributed by atoms with Crippen LogP contribution in [0.5, 0.6) is 0 Å². The van der Waals surface area contributed by atoms with E-state index in [0.29, 0.717) is 19.1 Å². The van der Waals surface area contributed by atoms with Crippen LogP contribution in [0.2, 0.25) is 0 Å². The summed E-state index contributed by atoms with van der Waals surface area (Å²) in [6.07, 6.45) is 2.80. The summed E-state index contributed by atoms with van der Waals surface area (Å²) in [5.41, 5.74) is 1.86. The van der Waals surface area contributed by atoms with Crippen LogP contribution in [-0.4, -0.2) is 25.6 Å². The molecule has 1 atom stereocenters. The van der Waals surface area contributed by atoms with Gasteiger partial charge in [0.05, 0.1) is 6.61 Å². The van der Waals surface area contributed by atoms with E-state index in [4.69, 9.17) is 4.74 Å². The SMILES string of the molecule is COCc1ccccc1NC(=O)CC1CCCN1. The minimum atomic E-state index is 0.0675. The van der Waals surface area contributed by atoms with Crippen LogP contribution in [0.3, 0.4) is 0 Å². The van der Waals surface area contributed by atoms with Gasteiger partial charge in [-0.25, -0.2) is 0 Å². The molecule has 1 aliphatic heterocycles. The molecule has 2 N–H and O–H groups in total. The third kappa shape index (κ3) is 3.55. The van der Waals surface area contributed by atoms with Crippen molar-refractivity contribution in [2.45, 2.75) is 31.9 Å². The van der Waals surface area contributed by atoms with E-state index in [9.17, 15) is 4.79 Å². The molecular weight excluding hydrogens is 228 g/mol. The van der Waals surface area contributed by atoms with Gasteiger partial charge in [0.1, 0.15) is 0 Å². The molecule has 0 aromatic heterocycles. The lowest BCUT2D eigenvalue weighted by Crippen LogP contribution is -2.27. The fourth-order valence-electron chi connectivity index (χ4n) is 2.28. The second kappa shape index (κ2) is 6.52. The van der Waals surface area contributed by atoms with Gasteiger partial charge in [-0.1, -0.05) is 18.2 Å². The Morgan fingerprint density at radius 2 is 2.33 bits per heavy atom. The average Bonchev–Trinajstić information content (AvgIpc) is 2.84. The molecule has 1 amide bonds. The predicted octanol–water partition coefficient (Wildman–Crippen LogP) is 1.91. The van der Waals surface area contributed by atoms with Crippen molar-refractivity contribution in [2.24, 2.45) is 0 Å². The first kappa shape index (κ1) is 13.1. The maximum atomic E-state index is 11.9. The zero-order chi connectivity index (χ0) is 12.8. The van der Waals surface area contributed by atoms with Crippen LogP contribution in [-0.2, 0) is 16.1 Å². The first-order valence-corrected chi connectivity index (χ1v) is 6.39. The van der Waals surface area contributed by atoms with E-state index in [1.807, 2.05) is 24.3 Å². The number of carbonyl (C=O) groups is 1. The Balaban J connectivity index is 1.93. The molecular formula is C14H20N2O2. The van der Waals surface area contributed by atoms with E-state index in [1.54, 1.807) is 7.11 Å². The Kier molecular flexibility index (Phi) is 4.73. The van der Waals surface area contributed by atoms with Crippen molar-refractivity contribution in [2.75, 3.05) is 19.0 Å². The summed E-state index contributed by atoms with van der Waals surface area (Å²) >= 11 is 0. The summed E-state index contributed by atoms with van der Waals surface area (Å²) in [6, 6.07) is 8.08. The van der Waals surface area contributed by atoms with Gasteiger partial charge in [-0.2, -0.15) is 0 Å². The van der Waals surface area contributed by atoms with Gasteiger partial charge < -0.3 is 15.4 Å². The fourth-order valence-corrected chi connectivity index (χ4v) is 2.28. The number of amides is 1. The third-order valence-electron chi connectivity index (χ3n) is 3.19. The van der Waals surface area contributed by atoms with Crippen molar-refractivity contribution >= 4 is 11.6 Å². The van der Waals surface area contributed by atoms with E-state index in [2.05, 4.69) is 10.6 Å². The maximum absolute atomic E-state index is 11.9. The van der Waals surface area contributed by atoms with Crippen LogP contribution < -0.4 is 10.6 Å². The number of hydrogen-bond donors (Lipinski definition) is 2. The maximum Gasteiger partial charge on any atom is 0.225 e. The van der Waals surface area contributed by atoms with Crippen molar-refractivity contribution in [1.82, 2.24) is 5.32 Å². The van der Waals surface area contributed by atoms with E-state index < -0.39 is 0 Å². The Morgan fingerprint density at radius 1 is 1.50 bits per heavy atom. The Morgan fingerprint density at radius 3 is 3.06 bits per heavy atom. The summed E-state index contributed by atoms with van der Waals surface area (Å²) in [7, 11) is 1.65. The van der Waals surface area contributed by atoms with Crippen LogP contribution in [0.15, 0.2) is 24.3 Å². The molecule has 0 saturated carbocycles. The molecule has 1 unspecified atom stereocenters. The van der Waals surface area contributed by atoms with E-state index >= 15 is 0 Å². The summed E-state index contributed by atoms with van der Waals surface area (Å²) in [5.74, 6) is 0.0675. The molecule has 1 aromatic rings. The quantitative estimate of drug-likeness (QED) is 0.837. The van der Waals surface area contributed by atoms with Crippen LogP contribution in [0.25, 0.3) is 0 Å². The molecule has 0 spiro atoms. The molecule has 0 radical (unpaired) electrons. The average molecular weight is 248 g/mol. The van der Waals surface area contributed by atoms with E-state index in [0.717, 1.165) is 30.6 Å². The Bertz CT molecular complexity index is 401. The lowest BCUT2D eigenvalue weighted by Gasteiger charge is -2.13. The van der Waals surface area contributed by atoms with Crippen LogP contribution in [0.4, 0.5) is 5.69 Å². The van der Waals surface area contributed by atoms with Gasteiger partial charge in [-0.15, -0.1) is 0 Å². The molecule has 4 nitrogen and oxygen atoms in total. The minimum Gasteiger partial charge on any atom is -0.380 e. The Labute approximate surface area is 108 Å². The number of anilines is 1. The summed E-state index contributed by atoms with van der Waals surface area (Å²) in [6.45, 7) is 1.54. The zero-order valence-electron chi connectivity index (χ0n) is 10.7. The highest BCUT2D eigenvalue weighted by atomic mass is 16.5. The first-order valence-electron chi connectivity index (χ1n) is 6.39. The van der Waals surface area contributed by atoms with Gasteiger partial charge in [0.2, 0.25) is 5.91 Å². The highest BCUT2D eigenvalue weighted by Crippen LogP contribution is 2.17. The van der Waals surface area contributed by atoms with Gasteiger partial charge in [0, 0.05) is 30.8 Å². The second-order valence-electron chi connectivity index (χ2n) is 4.64. The number of rotatable bonds is 5. The lowest BCUT2D eigenvalue weighted by atomic mass is 10.1. The molecule has 4 heteroatoms. The lowest BCUT2D eigenvalue weighted by molar-refractivity contribution is -0.116. The van der Waals surface area contributed by atoms with Crippen molar-refractivity contribution in [3.05, 3.63) is 29.8 Å². The fraction of sp³-hybridized carbons (Fsp3) is 0.500. The molecule has 0 bridgehead atoms. The molecule has 1 aliphatic rings. The van der Waals surface area contributed by atoms with Gasteiger partial charge in [-0.05, 0) is 25.5 Å². The monoisotopic (exact) mass is 248 g/mol. The first-order chi connectivity index (χ1) is 8.79. The smallest absolute Gasteiger partial charge is 0.225 e. The van der Waals surface area contributed by atoms with Crippen molar-refractivity contribution in [1.29, 1.82) is 0 Å². The van der Waals surface area contributed by atoms with Crippen molar-refractivity contribution < 1.29 is 9.53 Å². The summed E-state index contributed by atoms with van der Waals surface area (Å²) in [4.78, 5) is 11.9. The molecule has 0 aliphatic carbocycles. The molecule has 18 heavy (non-hydrogen) atoms. The number of methoxy groups -OCH3 is 1. The van der Waals surface area contributed by atoms with Gasteiger partial charge >= 0.3 is 0 Å². The standard InChI is InChI=1S/C14H20N2O2/c1-18-10-11-5-2-3-7-13(11)16-14(17)9-12-6-4-8-15-12/h2-3,5,7,12,15H,4,6,8-10H2,1H3,(H,16,17). The second-order valence-corrected chi connectivity index (χ2v) is 4.64. The van der Waals surface area contributed by atoms with E-state index in [1.165, 1.54) is 0 Å². The summed E-state index contributed by atoms with van der Waals surface area (Å²) in [5, 5.41) is 6.29. The van der Waals surface area contributed by atoms with Crippen molar-refractivity contribution in [3.8, 4) is 0 Å². The molecule has 98 valence electrons. The highest BCUT2D eigenvalue weighted by molar-refractivity contribution is 5.91. The third-order valence-corrected chi connectivity index (χ3v) is 3.19. The van der Waals surface area contributed by atoms with Gasteiger partial charge in [0.25, 0.3) is 0 Å². The molecule has 2 rings (SSSR count). The number of para-hydroxylation sites is 1. The highest BCUT2D eigenvalue weighted by Gasteiger charge is 2.18. The van der Waals surface area contributed by atoms with Gasteiger partial charge in [-0.3, -0.25) is 4.79 Å². The molecule has 1 saturated heterocycles. The van der Waals surface area contributed by atoms with Crippen LogP contribution in [0, 0.1) is 0 Å². The molecule has 1 heterocycles. The van der Waals surface area contributed by atoms with Gasteiger partial charge in [0.15, 0.2) is 0 Å². The normalized spacial score (nSPS) is 18.8. The summed E-state index contributed by atoms with van der Waals surface area (Å²) < 4.78 is 5.12. The number of benzene rings is 1. The minimum absolute atomic E-state index is 0.0675. The topological polar surface area (TPSA) is 50.4 Å². The molecule has 1 fully saturated rings. The number of carbonyl (C=O) groups excluding carboxylic acids is 1. The predicted molar refractivity (Wildman–Crippen MR) is 71.4 cm³/mol. The Hall–Kier alpha value is -1.39. The van der Waals surface area contributed by atoms with Crippen molar-refractivity contribution in [3.63, 3.8) is 0 Å². The van der Waals surface area contributed by atoms with Crippen LogP contribution in [0.1, 0.15) is 24.8 Å². The largest absolute Gasteiger partial charge is 0.380 e. The number of hydrogen-bond acceptors (Lipinski definition) is 3. The van der Waals surface area contributed by atoms with E-state index in [-0.39, 0.29) is 5.91 Å². The number of nitrogens with one attached hydrogen (secondary N) is 2. The number of ether oxygens (including phenoxy) is 1. The molecule has 1 aromatic carbocycles.